The van der Waals surface area contributed by atoms with Crippen molar-refractivity contribution in [1.29, 1.82) is 0 Å². The van der Waals surface area contributed by atoms with Crippen molar-refractivity contribution in [3.63, 3.8) is 0 Å². The van der Waals surface area contributed by atoms with Crippen molar-refractivity contribution in [3.05, 3.63) is 53.6 Å². The van der Waals surface area contributed by atoms with E-state index in [1.54, 1.807) is 26.2 Å². The number of hydrogen-bond acceptors (Lipinski definition) is 5. The summed E-state index contributed by atoms with van der Waals surface area (Å²) in [5, 5.41) is 0. The molecule has 2 aromatic rings. The lowest BCUT2D eigenvalue weighted by molar-refractivity contribution is -0.147. The van der Waals surface area contributed by atoms with E-state index < -0.39 is 0 Å². The molecule has 0 spiro atoms. The number of rotatable bonds is 10. The Bertz CT molecular complexity index is 993. The van der Waals surface area contributed by atoms with Crippen molar-refractivity contribution >= 4 is 11.8 Å². The summed E-state index contributed by atoms with van der Waals surface area (Å²) in [5.74, 6) is 1.73. The van der Waals surface area contributed by atoms with Crippen LogP contribution in [0.3, 0.4) is 0 Å². The summed E-state index contributed by atoms with van der Waals surface area (Å²) in [7, 11) is 6.63. The van der Waals surface area contributed by atoms with Gasteiger partial charge in [0.25, 0.3) is 0 Å². The Morgan fingerprint density at radius 3 is 2.41 bits per heavy atom. The van der Waals surface area contributed by atoms with E-state index >= 15 is 0 Å². The number of amides is 2. The van der Waals surface area contributed by atoms with Crippen molar-refractivity contribution < 1.29 is 23.8 Å². The number of ether oxygens (including phenoxy) is 3. The highest BCUT2D eigenvalue weighted by atomic mass is 16.5. The molecule has 34 heavy (non-hydrogen) atoms. The standard InChI is InChI=1S/C27H36N2O5/c1-6-7-16-29-25(30)15-13-21(26(29)20-10-8-9-11-22(20)32-3)27(31)28(2)18-19-12-14-23(33-4)24(17-19)34-5/h8-12,14,17,21,26H,6-7,13,15-16,18H2,1-5H3. The van der Waals surface area contributed by atoms with Gasteiger partial charge in [0.15, 0.2) is 11.5 Å². The molecule has 2 atom stereocenters. The van der Waals surface area contributed by atoms with Gasteiger partial charge in [-0.25, -0.2) is 0 Å². The number of carbonyl (C=O) groups excluding carboxylic acids is 2. The summed E-state index contributed by atoms with van der Waals surface area (Å²) in [6.45, 7) is 3.16. The van der Waals surface area contributed by atoms with Crippen LogP contribution in [0, 0.1) is 5.92 Å². The molecule has 7 heteroatoms. The van der Waals surface area contributed by atoms with Gasteiger partial charge in [0, 0.05) is 32.1 Å². The number of likely N-dealkylation sites (tertiary alicyclic amines) is 1. The Morgan fingerprint density at radius 2 is 1.74 bits per heavy atom. The molecule has 2 aromatic carbocycles. The summed E-state index contributed by atoms with van der Waals surface area (Å²) in [4.78, 5) is 30.4. The van der Waals surface area contributed by atoms with Crippen LogP contribution < -0.4 is 14.2 Å². The molecule has 7 nitrogen and oxygen atoms in total. The van der Waals surface area contributed by atoms with Crippen molar-refractivity contribution in [1.82, 2.24) is 9.80 Å². The predicted octanol–water partition coefficient (Wildman–Crippen LogP) is 4.45. The van der Waals surface area contributed by atoms with Crippen LogP contribution in [-0.2, 0) is 16.1 Å². The Hall–Kier alpha value is -3.22. The van der Waals surface area contributed by atoms with Crippen LogP contribution in [0.2, 0.25) is 0 Å². The zero-order chi connectivity index (χ0) is 24.7. The number of para-hydroxylation sites is 1. The monoisotopic (exact) mass is 468 g/mol. The zero-order valence-electron chi connectivity index (χ0n) is 20.9. The van der Waals surface area contributed by atoms with E-state index in [1.165, 1.54) is 0 Å². The van der Waals surface area contributed by atoms with Crippen LogP contribution in [0.25, 0.3) is 0 Å². The molecule has 0 aliphatic carbocycles. The highest BCUT2D eigenvalue weighted by Gasteiger charge is 2.42. The molecule has 0 radical (unpaired) electrons. The van der Waals surface area contributed by atoms with Crippen LogP contribution in [0.1, 0.15) is 49.8 Å². The van der Waals surface area contributed by atoms with Crippen LogP contribution >= 0.6 is 0 Å². The summed E-state index contributed by atoms with van der Waals surface area (Å²) in [5.41, 5.74) is 1.82. The van der Waals surface area contributed by atoms with Crippen molar-refractivity contribution in [2.45, 2.75) is 45.2 Å². The van der Waals surface area contributed by atoms with Gasteiger partial charge in [-0.05, 0) is 36.6 Å². The van der Waals surface area contributed by atoms with Gasteiger partial charge in [0.05, 0.1) is 33.3 Å². The molecule has 3 rings (SSSR count). The van der Waals surface area contributed by atoms with Gasteiger partial charge in [0.1, 0.15) is 5.75 Å². The van der Waals surface area contributed by atoms with Crippen molar-refractivity contribution in [2.24, 2.45) is 5.92 Å². The van der Waals surface area contributed by atoms with E-state index in [9.17, 15) is 9.59 Å². The van der Waals surface area contributed by atoms with E-state index in [-0.39, 0.29) is 23.8 Å². The van der Waals surface area contributed by atoms with Gasteiger partial charge in [-0.1, -0.05) is 37.6 Å². The fourth-order valence-corrected chi connectivity index (χ4v) is 4.71. The fraction of sp³-hybridized carbons (Fsp3) is 0.481. The minimum absolute atomic E-state index is 0.0136. The molecule has 1 aliphatic heterocycles. The Morgan fingerprint density at radius 1 is 1.03 bits per heavy atom. The van der Waals surface area contributed by atoms with E-state index in [0.29, 0.717) is 43.2 Å². The maximum atomic E-state index is 13.8. The lowest BCUT2D eigenvalue weighted by Gasteiger charge is -2.42. The van der Waals surface area contributed by atoms with E-state index in [4.69, 9.17) is 14.2 Å². The van der Waals surface area contributed by atoms with Gasteiger partial charge in [0.2, 0.25) is 11.8 Å². The smallest absolute Gasteiger partial charge is 0.228 e. The molecule has 2 unspecified atom stereocenters. The van der Waals surface area contributed by atoms with Gasteiger partial charge in [-0.2, -0.15) is 0 Å². The summed E-state index contributed by atoms with van der Waals surface area (Å²) in [6, 6.07) is 13.0. The third-order valence-corrected chi connectivity index (χ3v) is 6.48. The van der Waals surface area contributed by atoms with Crippen molar-refractivity contribution in [2.75, 3.05) is 34.9 Å². The topological polar surface area (TPSA) is 68.3 Å². The third-order valence-electron chi connectivity index (χ3n) is 6.48. The Kier molecular flexibility index (Phi) is 8.79. The predicted molar refractivity (Wildman–Crippen MR) is 131 cm³/mol. The molecule has 1 aliphatic rings. The van der Waals surface area contributed by atoms with Gasteiger partial charge in [-0.15, -0.1) is 0 Å². The lowest BCUT2D eigenvalue weighted by Crippen LogP contribution is -2.48. The number of piperidine rings is 1. The normalized spacial score (nSPS) is 17.9. The number of carbonyl (C=O) groups is 2. The Labute approximate surface area is 202 Å². The van der Waals surface area contributed by atoms with E-state index in [2.05, 4.69) is 6.92 Å². The minimum atomic E-state index is -0.357. The molecule has 184 valence electrons. The quantitative estimate of drug-likeness (QED) is 0.515. The first-order valence-electron chi connectivity index (χ1n) is 11.8. The molecule has 0 N–H and O–H groups in total. The third kappa shape index (κ3) is 5.46. The van der Waals surface area contributed by atoms with Gasteiger partial charge < -0.3 is 24.0 Å². The number of benzene rings is 2. The van der Waals surface area contributed by atoms with Crippen LogP contribution in [-0.4, -0.2) is 56.5 Å². The van der Waals surface area contributed by atoms with Crippen LogP contribution in [0.15, 0.2) is 42.5 Å². The first-order chi connectivity index (χ1) is 16.4. The Balaban J connectivity index is 1.91. The summed E-state index contributed by atoms with van der Waals surface area (Å²) >= 11 is 0. The number of hydrogen-bond donors (Lipinski definition) is 0. The largest absolute Gasteiger partial charge is 0.496 e. The molecule has 2 amide bonds. The second-order valence-electron chi connectivity index (χ2n) is 8.66. The van der Waals surface area contributed by atoms with E-state index in [0.717, 1.165) is 24.0 Å². The zero-order valence-corrected chi connectivity index (χ0v) is 20.9. The second-order valence-corrected chi connectivity index (χ2v) is 8.66. The van der Waals surface area contributed by atoms with Crippen LogP contribution in [0.4, 0.5) is 0 Å². The molecular weight excluding hydrogens is 432 g/mol. The first kappa shape index (κ1) is 25.4. The highest BCUT2D eigenvalue weighted by Crippen LogP contribution is 2.41. The first-order valence-corrected chi connectivity index (χ1v) is 11.8. The molecule has 0 aromatic heterocycles. The number of unbranched alkanes of at least 4 members (excludes halogenated alkanes) is 1. The molecule has 0 bridgehead atoms. The number of methoxy groups -OCH3 is 3. The SMILES string of the molecule is CCCCN1C(=O)CCC(C(=O)N(C)Cc2ccc(OC)c(OC)c2)C1c1ccccc1OC. The molecular formula is C27H36N2O5. The van der Waals surface area contributed by atoms with Crippen molar-refractivity contribution in [3.8, 4) is 17.2 Å². The molecule has 1 heterocycles. The molecule has 0 saturated carbocycles. The summed E-state index contributed by atoms with van der Waals surface area (Å²) in [6.07, 6.45) is 2.75. The average molecular weight is 469 g/mol. The molecule has 1 fully saturated rings. The lowest BCUT2D eigenvalue weighted by atomic mass is 9.82. The molecule has 1 saturated heterocycles. The van der Waals surface area contributed by atoms with Gasteiger partial charge >= 0.3 is 0 Å². The van der Waals surface area contributed by atoms with E-state index in [1.807, 2.05) is 54.4 Å². The number of nitrogens with zero attached hydrogens (tertiary/aromatic N) is 2. The fourth-order valence-electron chi connectivity index (χ4n) is 4.71. The minimum Gasteiger partial charge on any atom is -0.496 e. The van der Waals surface area contributed by atoms with Gasteiger partial charge in [-0.3, -0.25) is 9.59 Å². The maximum Gasteiger partial charge on any atom is 0.228 e. The second kappa shape index (κ2) is 11.8. The highest BCUT2D eigenvalue weighted by molar-refractivity contribution is 5.85. The summed E-state index contributed by atoms with van der Waals surface area (Å²) < 4.78 is 16.4. The van der Waals surface area contributed by atoms with Crippen LogP contribution in [0.5, 0.6) is 17.2 Å². The maximum absolute atomic E-state index is 13.8. The average Bonchev–Trinajstić information content (AvgIpc) is 2.87.